The summed E-state index contributed by atoms with van der Waals surface area (Å²) in [7, 11) is 1.50. The maximum atomic E-state index is 12.3. The largest absolute Gasteiger partial charge is 0.495 e. The Bertz CT molecular complexity index is 885. The summed E-state index contributed by atoms with van der Waals surface area (Å²) in [6, 6.07) is 14.4. The van der Waals surface area contributed by atoms with Crippen LogP contribution in [-0.2, 0) is 19.1 Å². The number of benzene rings is 2. The fraction of sp³-hybridized carbons (Fsp3) is 0.318. The van der Waals surface area contributed by atoms with E-state index in [1.54, 1.807) is 31.2 Å². The minimum absolute atomic E-state index is 0.0892. The number of ether oxygens (including phenoxy) is 2. The summed E-state index contributed by atoms with van der Waals surface area (Å²) in [4.78, 5) is 36.6. The van der Waals surface area contributed by atoms with Crippen LogP contribution in [0.2, 0.25) is 0 Å². The monoisotopic (exact) mass is 430 g/mol. The van der Waals surface area contributed by atoms with Crippen molar-refractivity contribution in [3.8, 4) is 5.75 Å². The first-order valence-electron chi connectivity index (χ1n) is 9.42. The second-order valence-electron chi connectivity index (χ2n) is 6.64. The Morgan fingerprint density at radius 2 is 1.67 bits per heavy atom. The topological polar surface area (TPSA) is 93.7 Å². The Morgan fingerprint density at radius 1 is 1.00 bits per heavy atom. The molecule has 160 valence electrons. The molecular weight excluding hydrogens is 404 g/mol. The van der Waals surface area contributed by atoms with E-state index in [1.165, 1.54) is 14.0 Å². The van der Waals surface area contributed by atoms with Gasteiger partial charge in [-0.2, -0.15) is 0 Å². The summed E-state index contributed by atoms with van der Waals surface area (Å²) in [5, 5.41) is 4.85. The number of esters is 1. The van der Waals surface area contributed by atoms with E-state index in [4.69, 9.17) is 9.47 Å². The first-order valence-corrected chi connectivity index (χ1v) is 10.5. The average Bonchev–Trinajstić information content (AvgIpc) is 2.73. The van der Waals surface area contributed by atoms with Crippen molar-refractivity contribution in [1.82, 2.24) is 0 Å². The molecule has 0 saturated carbocycles. The van der Waals surface area contributed by atoms with E-state index in [9.17, 15) is 14.4 Å². The van der Waals surface area contributed by atoms with E-state index in [-0.39, 0.29) is 11.7 Å². The lowest BCUT2D eigenvalue weighted by molar-refractivity contribution is -0.152. The number of carbonyl (C=O) groups excluding carboxylic acids is 3. The van der Waals surface area contributed by atoms with Crippen LogP contribution in [0.5, 0.6) is 5.75 Å². The highest BCUT2D eigenvalue weighted by Crippen LogP contribution is 2.23. The molecule has 0 unspecified atom stereocenters. The van der Waals surface area contributed by atoms with Gasteiger partial charge in [-0.25, -0.2) is 0 Å². The molecule has 0 bridgehead atoms. The van der Waals surface area contributed by atoms with E-state index >= 15 is 0 Å². The maximum absolute atomic E-state index is 12.3. The molecular formula is C22H26N2O5S. The third-order valence-corrected chi connectivity index (χ3v) is 5.28. The second-order valence-corrected chi connectivity index (χ2v) is 7.97. The van der Waals surface area contributed by atoms with Crippen molar-refractivity contribution in [2.24, 2.45) is 0 Å². The second kappa shape index (κ2) is 11.3. The Labute approximate surface area is 180 Å². The van der Waals surface area contributed by atoms with Gasteiger partial charge < -0.3 is 20.1 Å². The fourth-order valence-electron chi connectivity index (χ4n) is 2.41. The molecule has 2 rings (SSSR count). The molecule has 2 aromatic rings. The van der Waals surface area contributed by atoms with Gasteiger partial charge in [-0.15, -0.1) is 11.8 Å². The van der Waals surface area contributed by atoms with E-state index in [0.717, 1.165) is 17.3 Å². The van der Waals surface area contributed by atoms with Gasteiger partial charge in [-0.1, -0.05) is 29.8 Å². The molecule has 0 fully saturated rings. The Kier molecular flexibility index (Phi) is 8.73. The van der Waals surface area contributed by atoms with Gasteiger partial charge in [0.05, 0.1) is 18.6 Å². The standard InChI is InChI=1S/C22H26N2O5S/c1-14-9-11-17(12-10-14)23-20(25)13-30-16(3)22(27)29-15(2)21(26)24-18-7-5-6-8-19(18)28-4/h5-12,15-16H,13H2,1-4H3,(H,23,25)(H,24,26)/t15-,16-/m1/s1. The third kappa shape index (κ3) is 7.11. The van der Waals surface area contributed by atoms with E-state index in [2.05, 4.69) is 10.6 Å². The van der Waals surface area contributed by atoms with Gasteiger partial charge in [-0.3, -0.25) is 14.4 Å². The lowest BCUT2D eigenvalue weighted by Crippen LogP contribution is -2.33. The molecule has 2 atom stereocenters. The molecule has 2 aromatic carbocycles. The molecule has 2 amide bonds. The normalized spacial score (nSPS) is 12.4. The Hall–Kier alpha value is -3.00. The molecule has 0 radical (unpaired) electrons. The van der Waals surface area contributed by atoms with Gasteiger partial charge in [0.1, 0.15) is 11.0 Å². The van der Waals surface area contributed by atoms with Crippen LogP contribution in [0, 0.1) is 6.92 Å². The summed E-state index contributed by atoms with van der Waals surface area (Å²) in [6.45, 7) is 5.09. The van der Waals surface area contributed by atoms with Gasteiger partial charge in [0.25, 0.3) is 5.91 Å². The number of nitrogens with one attached hydrogen (secondary N) is 2. The predicted molar refractivity (Wildman–Crippen MR) is 119 cm³/mol. The third-order valence-electron chi connectivity index (χ3n) is 4.16. The molecule has 0 aliphatic carbocycles. The van der Waals surface area contributed by atoms with Crippen molar-refractivity contribution in [3.63, 3.8) is 0 Å². The summed E-state index contributed by atoms with van der Waals surface area (Å²) in [5.41, 5.74) is 2.29. The van der Waals surface area contributed by atoms with E-state index < -0.39 is 23.2 Å². The van der Waals surface area contributed by atoms with Crippen molar-refractivity contribution in [2.45, 2.75) is 32.1 Å². The minimum Gasteiger partial charge on any atom is -0.495 e. The maximum Gasteiger partial charge on any atom is 0.319 e. The summed E-state index contributed by atoms with van der Waals surface area (Å²) < 4.78 is 10.4. The van der Waals surface area contributed by atoms with Crippen molar-refractivity contribution in [3.05, 3.63) is 54.1 Å². The molecule has 0 saturated heterocycles. The number of amides is 2. The number of hydrogen-bond acceptors (Lipinski definition) is 6. The molecule has 7 nitrogen and oxygen atoms in total. The zero-order valence-corrected chi connectivity index (χ0v) is 18.2. The number of para-hydroxylation sites is 2. The van der Waals surface area contributed by atoms with Crippen molar-refractivity contribution < 1.29 is 23.9 Å². The Balaban J connectivity index is 1.79. The van der Waals surface area contributed by atoms with E-state index in [0.29, 0.717) is 17.1 Å². The Morgan fingerprint density at radius 3 is 2.33 bits per heavy atom. The van der Waals surface area contributed by atoms with Gasteiger partial charge in [0.2, 0.25) is 5.91 Å². The van der Waals surface area contributed by atoms with Crippen LogP contribution >= 0.6 is 11.8 Å². The molecule has 30 heavy (non-hydrogen) atoms. The van der Waals surface area contributed by atoms with Crippen LogP contribution in [0.3, 0.4) is 0 Å². The number of rotatable bonds is 9. The minimum atomic E-state index is -0.994. The fourth-order valence-corrected chi connectivity index (χ4v) is 3.07. The molecule has 0 aromatic heterocycles. The molecule has 8 heteroatoms. The van der Waals surface area contributed by atoms with Gasteiger partial charge >= 0.3 is 5.97 Å². The number of anilines is 2. The summed E-state index contributed by atoms with van der Waals surface area (Å²) in [5.74, 6) is -0.655. The lowest BCUT2D eigenvalue weighted by atomic mass is 10.2. The predicted octanol–water partition coefficient (Wildman–Crippen LogP) is 3.63. The molecule has 0 aliphatic rings. The van der Waals surface area contributed by atoms with Crippen LogP contribution in [0.25, 0.3) is 0 Å². The first-order chi connectivity index (χ1) is 14.3. The molecule has 0 spiro atoms. The SMILES string of the molecule is COc1ccccc1NC(=O)[C@@H](C)OC(=O)[C@@H](C)SCC(=O)Nc1ccc(C)cc1. The molecule has 2 N–H and O–H groups in total. The van der Waals surface area contributed by atoms with Gasteiger partial charge in [-0.05, 0) is 45.0 Å². The van der Waals surface area contributed by atoms with E-state index in [1.807, 2.05) is 31.2 Å². The number of methoxy groups -OCH3 is 1. The summed E-state index contributed by atoms with van der Waals surface area (Å²) in [6.07, 6.45) is -0.994. The average molecular weight is 431 g/mol. The van der Waals surface area contributed by atoms with Crippen molar-refractivity contribution in [2.75, 3.05) is 23.5 Å². The molecule has 0 aliphatic heterocycles. The number of thioether (sulfide) groups is 1. The number of hydrogen-bond donors (Lipinski definition) is 2. The first kappa shape index (κ1) is 23.3. The van der Waals surface area contributed by atoms with Crippen molar-refractivity contribution in [1.29, 1.82) is 0 Å². The zero-order valence-electron chi connectivity index (χ0n) is 17.4. The van der Waals surface area contributed by atoms with Crippen molar-refractivity contribution >= 4 is 40.9 Å². The van der Waals surface area contributed by atoms with Crippen LogP contribution in [0.15, 0.2) is 48.5 Å². The van der Waals surface area contributed by atoms with Crippen LogP contribution in [0.4, 0.5) is 11.4 Å². The van der Waals surface area contributed by atoms with Crippen LogP contribution < -0.4 is 15.4 Å². The van der Waals surface area contributed by atoms with Crippen LogP contribution in [0.1, 0.15) is 19.4 Å². The highest BCUT2D eigenvalue weighted by Gasteiger charge is 2.23. The van der Waals surface area contributed by atoms with Gasteiger partial charge in [0.15, 0.2) is 6.10 Å². The smallest absolute Gasteiger partial charge is 0.319 e. The lowest BCUT2D eigenvalue weighted by Gasteiger charge is -2.17. The van der Waals surface area contributed by atoms with Gasteiger partial charge in [0, 0.05) is 5.69 Å². The molecule has 0 heterocycles. The highest BCUT2D eigenvalue weighted by atomic mass is 32.2. The number of aryl methyl sites for hydroxylation is 1. The number of carbonyl (C=O) groups is 3. The summed E-state index contributed by atoms with van der Waals surface area (Å²) >= 11 is 1.14. The quantitative estimate of drug-likeness (QED) is 0.590. The zero-order chi connectivity index (χ0) is 22.1. The highest BCUT2D eigenvalue weighted by molar-refractivity contribution is 8.01. The van der Waals surface area contributed by atoms with Crippen LogP contribution in [-0.4, -0.2) is 42.0 Å².